The molecule has 1 N–H and O–H groups in total. The third kappa shape index (κ3) is 5.34. The first kappa shape index (κ1) is 18.5. The predicted octanol–water partition coefficient (Wildman–Crippen LogP) is 2.60. The molecule has 0 aliphatic carbocycles. The fourth-order valence-corrected chi connectivity index (χ4v) is 2.30. The highest BCUT2D eigenvalue weighted by atomic mass is 19.1. The van der Waals surface area contributed by atoms with E-state index in [4.69, 9.17) is 9.15 Å². The zero-order chi connectivity index (χ0) is 18.2. The second-order valence-corrected chi connectivity index (χ2v) is 5.56. The van der Waals surface area contributed by atoms with E-state index >= 15 is 0 Å². The third-order valence-corrected chi connectivity index (χ3v) is 3.66. The van der Waals surface area contributed by atoms with Crippen molar-refractivity contribution >= 4 is 11.8 Å². The summed E-state index contributed by atoms with van der Waals surface area (Å²) in [5, 5.41) is 2.68. The molecule has 0 aliphatic heterocycles. The quantitative estimate of drug-likeness (QED) is 0.745. The lowest BCUT2D eigenvalue weighted by Crippen LogP contribution is -2.28. The number of rotatable bonds is 8. The summed E-state index contributed by atoms with van der Waals surface area (Å²) in [5.74, 6) is -0.431. The van der Waals surface area contributed by atoms with Crippen molar-refractivity contribution < 1.29 is 23.1 Å². The topological polar surface area (TPSA) is 71.8 Å². The molecule has 0 fully saturated rings. The molecule has 2 rings (SSSR count). The predicted molar refractivity (Wildman–Crippen MR) is 89.7 cm³/mol. The Morgan fingerprint density at radius 1 is 1.32 bits per heavy atom. The highest BCUT2D eigenvalue weighted by Gasteiger charge is 2.12. The van der Waals surface area contributed by atoms with Gasteiger partial charge in [-0.25, -0.2) is 4.39 Å². The van der Waals surface area contributed by atoms with Gasteiger partial charge in [0.25, 0.3) is 5.91 Å². The second kappa shape index (κ2) is 8.86. The van der Waals surface area contributed by atoms with Gasteiger partial charge in [-0.15, -0.1) is 0 Å². The van der Waals surface area contributed by atoms with Crippen LogP contribution in [0, 0.1) is 5.82 Å². The summed E-state index contributed by atoms with van der Waals surface area (Å²) in [6, 6.07) is 7.81. The van der Waals surface area contributed by atoms with E-state index < -0.39 is 5.82 Å². The first-order valence-corrected chi connectivity index (χ1v) is 7.89. The third-order valence-electron chi connectivity index (χ3n) is 3.66. The van der Waals surface area contributed by atoms with E-state index in [1.165, 1.54) is 30.4 Å². The molecule has 0 saturated carbocycles. The zero-order valence-electron chi connectivity index (χ0n) is 14.3. The van der Waals surface area contributed by atoms with Gasteiger partial charge in [-0.05, 0) is 36.2 Å². The minimum Gasteiger partial charge on any atom is -0.494 e. The van der Waals surface area contributed by atoms with Crippen LogP contribution in [0.25, 0.3) is 0 Å². The zero-order valence-corrected chi connectivity index (χ0v) is 14.3. The lowest BCUT2D eigenvalue weighted by atomic mass is 10.2. The van der Waals surface area contributed by atoms with Crippen LogP contribution in [0.2, 0.25) is 0 Å². The minimum atomic E-state index is -0.457. The maximum Gasteiger partial charge on any atom is 0.286 e. The van der Waals surface area contributed by atoms with Gasteiger partial charge >= 0.3 is 0 Å². The van der Waals surface area contributed by atoms with Crippen LogP contribution in [-0.4, -0.2) is 37.4 Å². The van der Waals surface area contributed by atoms with E-state index in [1.807, 2.05) is 0 Å². The van der Waals surface area contributed by atoms with Crippen molar-refractivity contribution in [3.8, 4) is 5.75 Å². The highest BCUT2D eigenvalue weighted by Crippen LogP contribution is 2.18. The van der Waals surface area contributed by atoms with Gasteiger partial charge in [-0.3, -0.25) is 9.59 Å². The number of hydrogen-bond donors (Lipinski definition) is 1. The van der Waals surface area contributed by atoms with E-state index in [0.717, 1.165) is 0 Å². The fourth-order valence-electron chi connectivity index (χ4n) is 2.30. The summed E-state index contributed by atoms with van der Waals surface area (Å²) in [7, 11) is 3.06. The van der Waals surface area contributed by atoms with Crippen molar-refractivity contribution in [3.05, 3.63) is 53.7 Å². The molecule has 0 unspecified atom stereocenters. The average Bonchev–Trinajstić information content (AvgIpc) is 3.13. The number of carbonyl (C=O) groups is 2. The monoisotopic (exact) mass is 348 g/mol. The van der Waals surface area contributed by atoms with Crippen LogP contribution in [-0.2, 0) is 11.3 Å². The van der Waals surface area contributed by atoms with Crippen LogP contribution in [0.5, 0.6) is 5.75 Å². The van der Waals surface area contributed by atoms with Crippen LogP contribution in [0.3, 0.4) is 0 Å². The number of benzene rings is 1. The van der Waals surface area contributed by atoms with E-state index in [9.17, 15) is 14.0 Å². The molecule has 0 aliphatic rings. The first-order chi connectivity index (χ1) is 12.0. The number of hydrogen-bond acceptors (Lipinski definition) is 4. The Kier molecular flexibility index (Phi) is 6.56. The van der Waals surface area contributed by atoms with Gasteiger partial charge in [-0.2, -0.15) is 0 Å². The molecule has 7 heteroatoms. The number of nitrogens with one attached hydrogen (secondary N) is 1. The Hall–Kier alpha value is -2.83. The van der Waals surface area contributed by atoms with Crippen molar-refractivity contribution in [1.29, 1.82) is 0 Å². The van der Waals surface area contributed by atoms with Gasteiger partial charge in [0.2, 0.25) is 5.91 Å². The molecular formula is C18H21FN2O4. The smallest absolute Gasteiger partial charge is 0.286 e. The van der Waals surface area contributed by atoms with E-state index in [0.29, 0.717) is 25.1 Å². The summed E-state index contributed by atoms with van der Waals surface area (Å²) in [6.45, 7) is 0.675. The number of carbonyl (C=O) groups excluding carboxylic acids is 2. The Balaban J connectivity index is 1.73. The van der Waals surface area contributed by atoms with Crippen LogP contribution in [0.4, 0.5) is 4.39 Å². The molecule has 134 valence electrons. The van der Waals surface area contributed by atoms with Crippen molar-refractivity contribution in [2.75, 3.05) is 20.7 Å². The van der Waals surface area contributed by atoms with Crippen LogP contribution in [0.15, 0.2) is 41.0 Å². The largest absolute Gasteiger partial charge is 0.494 e. The molecule has 1 aromatic carbocycles. The number of methoxy groups -OCH3 is 1. The van der Waals surface area contributed by atoms with E-state index in [1.54, 1.807) is 25.2 Å². The van der Waals surface area contributed by atoms with E-state index in [2.05, 4.69) is 5.32 Å². The summed E-state index contributed by atoms with van der Waals surface area (Å²) in [6.07, 6.45) is 2.22. The molecule has 2 amide bonds. The molecule has 0 atom stereocenters. The molecule has 0 saturated heterocycles. The Morgan fingerprint density at radius 2 is 2.12 bits per heavy atom. The second-order valence-electron chi connectivity index (χ2n) is 5.56. The number of amides is 2. The van der Waals surface area contributed by atoms with Gasteiger partial charge < -0.3 is 19.4 Å². The molecule has 25 heavy (non-hydrogen) atoms. The van der Waals surface area contributed by atoms with Crippen LogP contribution >= 0.6 is 0 Å². The number of halogens is 1. The van der Waals surface area contributed by atoms with E-state index in [-0.39, 0.29) is 29.7 Å². The summed E-state index contributed by atoms with van der Waals surface area (Å²) < 4.78 is 23.5. The Bertz CT molecular complexity index is 716. The summed E-state index contributed by atoms with van der Waals surface area (Å²) >= 11 is 0. The summed E-state index contributed by atoms with van der Waals surface area (Å²) in [5.41, 5.74) is 0.681. The van der Waals surface area contributed by atoms with Gasteiger partial charge in [0.05, 0.1) is 13.4 Å². The lowest BCUT2D eigenvalue weighted by molar-refractivity contribution is -0.130. The van der Waals surface area contributed by atoms with Gasteiger partial charge in [-0.1, -0.05) is 6.07 Å². The standard InChI is InChI=1S/C18H21FN2O4/c1-21(12-13-7-8-15(24-2)14(19)11-13)17(22)6-3-9-20-18(23)16-5-4-10-25-16/h4-5,7-8,10-11H,3,6,9,12H2,1-2H3,(H,20,23). The molecule has 2 aromatic rings. The first-order valence-electron chi connectivity index (χ1n) is 7.89. The van der Waals surface area contributed by atoms with Gasteiger partial charge in [0.15, 0.2) is 17.3 Å². The molecule has 1 heterocycles. The molecule has 0 spiro atoms. The van der Waals surface area contributed by atoms with Crippen molar-refractivity contribution in [2.45, 2.75) is 19.4 Å². The van der Waals surface area contributed by atoms with Crippen LogP contribution in [0.1, 0.15) is 29.0 Å². The van der Waals surface area contributed by atoms with Crippen molar-refractivity contribution in [1.82, 2.24) is 10.2 Å². The molecule has 0 bridgehead atoms. The molecule has 0 radical (unpaired) electrons. The maximum absolute atomic E-state index is 13.7. The van der Waals surface area contributed by atoms with Gasteiger partial charge in [0, 0.05) is 26.6 Å². The van der Waals surface area contributed by atoms with Gasteiger partial charge in [0.1, 0.15) is 0 Å². The minimum absolute atomic E-state index is 0.0801. The Morgan fingerprint density at radius 3 is 2.76 bits per heavy atom. The summed E-state index contributed by atoms with van der Waals surface area (Å²) in [4.78, 5) is 25.3. The Labute approximate surface area is 145 Å². The SMILES string of the molecule is COc1ccc(CN(C)C(=O)CCCNC(=O)c2ccco2)cc1F. The normalized spacial score (nSPS) is 10.4. The van der Waals surface area contributed by atoms with Crippen LogP contribution < -0.4 is 10.1 Å². The average molecular weight is 348 g/mol. The fraction of sp³-hybridized carbons (Fsp3) is 0.333. The number of furan rings is 1. The maximum atomic E-state index is 13.7. The lowest BCUT2D eigenvalue weighted by Gasteiger charge is -2.17. The van der Waals surface area contributed by atoms with Crippen molar-refractivity contribution in [3.63, 3.8) is 0 Å². The molecule has 1 aromatic heterocycles. The highest BCUT2D eigenvalue weighted by molar-refractivity contribution is 5.91. The van der Waals surface area contributed by atoms with Crippen molar-refractivity contribution in [2.24, 2.45) is 0 Å². The molecule has 6 nitrogen and oxygen atoms in total. The number of ether oxygens (including phenoxy) is 1. The number of nitrogens with zero attached hydrogens (tertiary/aromatic N) is 1. The molecular weight excluding hydrogens is 327 g/mol.